The molecule has 0 saturated heterocycles. The Kier molecular flexibility index (Phi) is 5.85. The van der Waals surface area contributed by atoms with Crippen molar-refractivity contribution < 1.29 is 19.6 Å². The number of nitrogens with one attached hydrogen (secondary N) is 1. The minimum absolute atomic E-state index is 0.00651. The van der Waals surface area contributed by atoms with E-state index in [1.54, 1.807) is 6.92 Å². The average molecular weight is 365 g/mol. The third-order valence-corrected chi connectivity index (χ3v) is 3.27. The highest BCUT2D eigenvalue weighted by Gasteiger charge is 2.16. The molecule has 1 heterocycles. The Hall–Kier alpha value is -3.20. The number of amides is 1. The molecule has 0 unspecified atom stereocenters. The predicted octanol–water partition coefficient (Wildman–Crippen LogP) is 2.51. The Morgan fingerprint density at radius 2 is 2.32 bits per heavy atom. The number of hydrazone groups is 1. The summed E-state index contributed by atoms with van der Waals surface area (Å²) in [5.74, 6) is -1.01. The van der Waals surface area contributed by atoms with Gasteiger partial charge in [-0.1, -0.05) is 11.6 Å². The van der Waals surface area contributed by atoms with Gasteiger partial charge < -0.3 is 9.84 Å². The molecule has 2 N–H and O–H groups in total. The number of nitro groups is 1. The molecule has 0 aliphatic carbocycles. The van der Waals surface area contributed by atoms with E-state index < -0.39 is 10.8 Å². The lowest BCUT2D eigenvalue weighted by molar-refractivity contribution is -0.385. The van der Waals surface area contributed by atoms with Gasteiger partial charge in [-0.2, -0.15) is 5.10 Å². The largest absolute Gasteiger partial charge is 0.504 e. The number of benzene rings is 1. The number of carbonyl (C=O) groups excluding carboxylic acids is 1. The number of ether oxygens (including phenoxy) is 1. The summed E-state index contributed by atoms with van der Waals surface area (Å²) in [5.41, 5.74) is 2.03. The van der Waals surface area contributed by atoms with Crippen molar-refractivity contribution in [2.75, 3.05) is 6.61 Å². The maximum Gasteiger partial charge on any atom is 0.274 e. The molecule has 2 aromatic rings. The normalized spacial score (nSPS) is 10.6. The highest BCUT2D eigenvalue weighted by molar-refractivity contribution is 6.32. The number of phenols is 1. The van der Waals surface area contributed by atoms with E-state index in [0.717, 1.165) is 18.3 Å². The summed E-state index contributed by atoms with van der Waals surface area (Å²) < 4.78 is 5.15. The molecule has 0 atom stereocenters. The summed E-state index contributed by atoms with van der Waals surface area (Å²) in [7, 11) is 0. The van der Waals surface area contributed by atoms with Crippen LogP contribution in [0, 0.1) is 10.1 Å². The van der Waals surface area contributed by atoms with Gasteiger partial charge in [-0.15, -0.1) is 0 Å². The summed E-state index contributed by atoms with van der Waals surface area (Å²) >= 11 is 5.80. The Bertz CT molecular complexity index is 841. The number of pyridine rings is 1. The molecule has 130 valence electrons. The lowest BCUT2D eigenvalue weighted by atomic mass is 10.1. The van der Waals surface area contributed by atoms with Crippen molar-refractivity contribution in [2.24, 2.45) is 5.10 Å². The number of rotatable bonds is 6. The van der Waals surface area contributed by atoms with Gasteiger partial charge in [0.25, 0.3) is 11.6 Å². The molecule has 1 aromatic heterocycles. The van der Waals surface area contributed by atoms with Crippen LogP contribution in [-0.2, 0) is 0 Å². The first-order valence-electron chi connectivity index (χ1n) is 7.02. The van der Waals surface area contributed by atoms with Crippen molar-refractivity contribution >= 4 is 29.4 Å². The minimum atomic E-state index is -0.632. The first-order valence-corrected chi connectivity index (χ1v) is 7.40. The second-order valence-electron chi connectivity index (χ2n) is 4.61. The monoisotopic (exact) mass is 364 g/mol. The number of hydrogen-bond donors (Lipinski definition) is 2. The van der Waals surface area contributed by atoms with Gasteiger partial charge >= 0.3 is 0 Å². The molecule has 0 aliphatic heterocycles. The second kappa shape index (κ2) is 8.06. The topological polar surface area (TPSA) is 127 Å². The fourth-order valence-corrected chi connectivity index (χ4v) is 2.06. The third-order valence-electron chi connectivity index (χ3n) is 2.97. The molecular weight excluding hydrogens is 352 g/mol. The fraction of sp³-hybridized carbons (Fsp3) is 0.133. The standard InChI is InChI=1S/C15H13ClN4O5/c1-2-25-12-7-10(20(23)24)6-9(13(12)21)8-18-19-15(22)11-4-3-5-17-14(11)16/h3-8,21H,2H2,1H3,(H,19,22)/b18-8+. The SMILES string of the molecule is CCOc1cc([N+](=O)[O-])cc(/C=N/NC(=O)c2cccnc2Cl)c1O. The second-order valence-corrected chi connectivity index (χ2v) is 4.97. The molecule has 0 spiro atoms. The number of carbonyl (C=O) groups is 1. The van der Waals surface area contributed by atoms with Crippen LogP contribution in [0.2, 0.25) is 5.15 Å². The maximum atomic E-state index is 11.9. The Labute approximate surface area is 147 Å². The summed E-state index contributed by atoms with van der Waals surface area (Å²) in [6.07, 6.45) is 2.49. The van der Waals surface area contributed by atoms with Crippen LogP contribution in [0.4, 0.5) is 5.69 Å². The molecule has 2 rings (SSSR count). The maximum absolute atomic E-state index is 11.9. The van der Waals surface area contributed by atoms with Gasteiger partial charge in [0.05, 0.1) is 29.4 Å². The zero-order valence-corrected chi connectivity index (χ0v) is 13.7. The van der Waals surface area contributed by atoms with Crippen molar-refractivity contribution in [1.29, 1.82) is 0 Å². The van der Waals surface area contributed by atoms with E-state index >= 15 is 0 Å². The van der Waals surface area contributed by atoms with Crippen molar-refractivity contribution in [1.82, 2.24) is 10.4 Å². The molecule has 0 bridgehead atoms. The molecule has 25 heavy (non-hydrogen) atoms. The van der Waals surface area contributed by atoms with Crippen molar-refractivity contribution in [2.45, 2.75) is 6.92 Å². The molecule has 0 saturated carbocycles. The summed E-state index contributed by atoms with van der Waals surface area (Å²) in [4.78, 5) is 26.0. The van der Waals surface area contributed by atoms with E-state index in [-0.39, 0.29) is 40.1 Å². The van der Waals surface area contributed by atoms with Crippen LogP contribution in [0.5, 0.6) is 11.5 Å². The van der Waals surface area contributed by atoms with Crippen LogP contribution >= 0.6 is 11.6 Å². The number of non-ortho nitro benzene ring substituents is 1. The van der Waals surface area contributed by atoms with Crippen molar-refractivity contribution in [3.05, 3.63) is 56.9 Å². The van der Waals surface area contributed by atoms with Crippen LogP contribution in [-0.4, -0.2) is 33.7 Å². The van der Waals surface area contributed by atoms with Gasteiger partial charge in [0.15, 0.2) is 11.5 Å². The smallest absolute Gasteiger partial charge is 0.274 e. The van der Waals surface area contributed by atoms with Gasteiger partial charge in [-0.25, -0.2) is 10.4 Å². The first-order chi connectivity index (χ1) is 11.9. The zero-order valence-electron chi connectivity index (χ0n) is 13.0. The fourth-order valence-electron chi connectivity index (χ4n) is 1.86. The first kappa shape index (κ1) is 18.1. The van der Waals surface area contributed by atoms with Gasteiger partial charge in [-0.3, -0.25) is 14.9 Å². The van der Waals surface area contributed by atoms with E-state index in [4.69, 9.17) is 16.3 Å². The molecule has 0 aliphatic rings. The van der Waals surface area contributed by atoms with Crippen LogP contribution in [0.25, 0.3) is 0 Å². The van der Waals surface area contributed by atoms with Gasteiger partial charge in [-0.05, 0) is 19.1 Å². The van der Waals surface area contributed by atoms with Crippen molar-refractivity contribution in [3.63, 3.8) is 0 Å². The number of phenolic OH excluding ortho intramolecular Hbond substituents is 1. The van der Waals surface area contributed by atoms with Gasteiger partial charge in [0.2, 0.25) is 0 Å². The summed E-state index contributed by atoms with van der Waals surface area (Å²) in [6.45, 7) is 1.88. The highest BCUT2D eigenvalue weighted by atomic mass is 35.5. The molecule has 1 amide bonds. The third kappa shape index (κ3) is 4.42. The average Bonchev–Trinajstić information content (AvgIpc) is 2.58. The predicted molar refractivity (Wildman–Crippen MR) is 90.2 cm³/mol. The minimum Gasteiger partial charge on any atom is -0.504 e. The highest BCUT2D eigenvalue weighted by Crippen LogP contribution is 2.33. The molecular formula is C15H13ClN4O5. The van der Waals surface area contributed by atoms with Gasteiger partial charge in [0.1, 0.15) is 5.15 Å². The van der Waals surface area contributed by atoms with E-state index in [1.807, 2.05) is 0 Å². The van der Waals surface area contributed by atoms with E-state index in [9.17, 15) is 20.0 Å². The van der Waals surface area contributed by atoms with E-state index in [2.05, 4.69) is 15.5 Å². The number of halogens is 1. The Balaban J connectivity index is 2.24. The number of hydrogen-bond acceptors (Lipinski definition) is 7. The Morgan fingerprint density at radius 3 is 2.96 bits per heavy atom. The van der Waals surface area contributed by atoms with Crippen LogP contribution in [0.3, 0.4) is 0 Å². The summed E-state index contributed by atoms with van der Waals surface area (Å²) in [6, 6.07) is 5.19. The number of aromatic nitrogens is 1. The summed E-state index contributed by atoms with van der Waals surface area (Å²) in [5, 5.41) is 24.7. The molecule has 9 nitrogen and oxygen atoms in total. The van der Waals surface area contributed by atoms with E-state index in [1.165, 1.54) is 18.3 Å². The van der Waals surface area contributed by atoms with Crippen LogP contribution in [0.15, 0.2) is 35.6 Å². The molecule has 10 heteroatoms. The van der Waals surface area contributed by atoms with E-state index in [0.29, 0.717) is 0 Å². The molecule has 0 fully saturated rings. The number of nitro benzene ring substituents is 1. The molecule has 1 aromatic carbocycles. The quantitative estimate of drug-likeness (QED) is 0.351. The Morgan fingerprint density at radius 1 is 1.56 bits per heavy atom. The zero-order chi connectivity index (χ0) is 18.4. The van der Waals surface area contributed by atoms with Gasteiger partial charge in [0, 0.05) is 17.8 Å². The van der Waals surface area contributed by atoms with Crippen molar-refractivity contribution in [3.8, 4) is 11.5 Å². The van der Waals surface area contributed by atoms with Crippen LogP contribution in [0.1, 0.15) is 22.8 Å². The number of aromatic hydroxyl groups is 1. The number of nitrogens with zero attached hydrogens (tertiary/aromatic N) is 3. The molecule has 0 radical (unpaired) electrons. The lowest BCUT2D eigenvalue weighted by Gasteiger charge is -2.08. The van der Waals surface area contributed by atoms with Crippen LogP contribution < -0.4 is 10.2 Å². The lowest BCUT2D eigenvalue weighted by Crippen LogP contribution is -2.18.